The van der Waals surface area contributed by atoms with Crippen molar-refractivity contribution < 1.29 is 18.7 Å². The summed E-state index contributed by atoms with van der Waals surface area (Å²) in [4.78, 5) is 25.6. The SMILES string of the molecule is CC(C)(CNC(=O)NCC(c1ccc(F)cc1)N1CCOCC1)C(N)=O. The van der Waals surface area contributed by atoms with Crippen molar-refractivity contribution in [3.63, 3.8) is 0 Å². The molecule has 1 unspecified atom stereocenters. The number of carbonyl (C=O) groups excluding carboxylic acids is 2. The quantitative estimate of drug-likeness (QED) is 0.671. The van der Waals surface area contributed by atoms with Gasteiger partial charge in [0, 0.05) is 26.2 Å². The van der Waals surface area contributed by atoms with E-state index in [0.29, 0.717) is 19.8 Å². The highest BCUT2D eigenvalue weighted by Crippen LogP contribution is 2.21. The van der Waals surface area contributed by atoms with E-state index in [-0.39, 0.29) is 24.4 Å². The van der Waals surface area contributed by atoms with Crippen LogP contribution in [0.2, 0.25) is 0 Å². The molecule has 0 radical (unpaired) electrons. The average molecular weight is 366 g/mol. The third-order valence-electron chi connectivity index (χ3n) is 4.56. The number of urea groups is 1. The molecule has 1 fully saturated rings. The lowest BCUT2D eigenvalue weighted by Gasteiger charge is -2.35. The number of rotatable bonds is 7. The number of amides is 3. The minimum Gasteiger partial charge on any atom is -0.379 e. The van der Waals surface area contributed by atoms with Gasteiger partial charge in [-0.05, 0) is 31.5 Å². The summed E-state index contributed by atoms with van der Waals surface area (Å²) < 4.78 is 18.6. The molecule has 7 nitrogen and oxygen atoms in total. The van der Waals surface area contributed by atoms with Crippen molar-refractivity contribution in [2.75, 3.05) is 39.4 Å². The Bertz CT molecular complexity index is 615. The van der Waals surface area contributed by atoms with Gasteiger partial charge < -0.3 is 21.1 Å². The topological polar surface area (TPSA) is 96.7 Å². The Kier molecular flexibility index (Phi) is 6.93. The molecule has 0 aliphatic carbocycles. The van der Waals surface area contributed by atoms with Crippen LogP contribution < -0.4 is 16.4 Å². The molecule has 4 N–H and O–H groups in total. The van der Waals surface area contributed by atoms with Crippen LogP contribution in [-0.2, 0) is 9.53 Å². The van der Waals surface area contributed by atoms with Gasteiger partial charge in [-0.1, -0.05) is 12.1 Å². The molecular formula is C18H27FN4O3. The zero-order valence-electron chi connectivity index (χ0n) is 15.3. The molecule has 1 heterocycles. The van der Waals surface area contributed by atoms with Crippen LogP contribution in [0, 0.1) is 11.2 Å². The van der Waals surface area contributed by atoms with Crippen LogP contribution in [0.15, 0.2) is 24.3 Å². The minimum absolute atomic E-state index is 0.0885. The zero-order valence-corrected chi connectivity index (χ0v) is 15.3. The van der Waals surface area contributed by atoms with Crippen molar-refractivity contribution in [3.8, 4) is 0 Å². The summed E-state index contributed by atoms with van der Waals surface area (Å²) in [5, 5.41) is 5.50. The van der Waals surface area contributed by atoms with E-state index < -0.39 is 11.3 Å². The number of carbonyl (C=O) groups is 2. The first kappa shape index (κ1) is 20.1. The summed E-state index contributed by atoms with van der Waals surface area (Å²) in [5.41, 5.74) is 5.41. The van der Waals surface area contributed by atoms with Gasteiger partial charge in [-0.2, -0.15) is 0 Å². The van der Waals surface area contributed by atoms with Crippen LogP contribution in [0.1, 0.15) is 25.5 Å². The first-order chi connectivity index (χ1) is 12.3. The molecule has 1 atom stereocenters. The molecule has 1 aliphatic heterocycles. The fourth-order valence-corrected chi connectivity index (χ4v) is 2.67. The summed E-state index contributed by atoms with van der Waals surface area (Å²) in [7, 11) is 0. The van der Waals surface area contributed by atoms with E-state index in [4.69, 9.17) is 10.5 Å². The van der Waals surface area contributed by atoms with Crippen LogP contribution in [0.5, 0.6) is 0 Å². The lowest BCUT2D eigenvalue weighted by Crippen LogP contribution is -2.48. The highest BCUT2D eigenvalue weighted by Gasteiger charge is 2.26. The minimum atomic E-state index is -0.822. The van der Waals surface area contributed by atoms with Gasteiger partial charge in [-0.15, -0.1) is 0 Å². The number of halogens is 1. The molecule has 0 bridgehead atoms. The van der Waals surface area contributed by atoms with Gasteiger partial charge in [0.15, 0.2) is 0 Å². The van der Waals surface area contributed by atoms with E-state index in [9.17, 15) is 14.0 Å². The van der Waals surface area contributed by atoms with Crippen molar-refractivity contribution in [1.82, 2.24) is 15.5 Å². The molecule has 8 heteroatoms. The summed E-state index contributed by atoms with van der Waals surface area (Å²) in [6.45, 7) is 6.56. The molecule has 0 saturated carbocycles. The Morgan fingerprint density at radius 2 is 1.85 bits per heavy atom. The number of ether oxygens (including phenoxy) is 1. The molecule has 144 valence electrons. The molecule has 26 heavy (non-hydrogen) atoms. The molecule has 1 aromatic rings. The first-order valence-corrected chi connectivity index (χ1v) is 8.68. The molecule has 0 spiro atoms. The van der Waals surface area contributed by atoms with Crippen molar-refractivity contribution in [2.45, 2.75) is 19.9 Å². The second kappa shape index (κ2) is 8.95. The predicted molar refractivity (Wildman–Crippen MR) is 95.9 cm³/mol. The Morgan fingerprint density at radius 3 is 2.42 bits per heavy atom. The fourth-order valence-electron chi connectivity index (χ4n) is 2.67. The summed E-state index contributed by atoms with van der Waals surface area (Å²) in [5.74, 6) is -0.774. The van der Waals surface area contributed by atoms with Gasteiger partial charge in [0.25, 0.3) is 0 Å². The largest absolute Gasteiger partial charge is 0.379 e. The maximum absolute atomic E-state index is 13.2. The number of nitrogens with zero attached hydrogens (tertiary/aromatic N) is 1. The molecule has 1 aliphatic rings. The molecular weight excluding hydrogens is 339 g/mol. The van der Waals surface area contributed by atoms with Crippen molar-refractivity contribution in [3.05, 3.63) is 35.6 Å². The van der Waals surface area contributed by atoms with Crippen LogP contribution in [0.4, 0.5) is 9.18 Å². The van der Waals surface area contributed by atoms with Gasteiger partial charge in [0.05, 0.1) is 24.7 Å². The maximum Gasteiger partial charge on any atom is 0.314 e. The summed E-state index contributed by atoms with van der Waals surface area (Å²) in [6, 6.07) is 5.82. The average Bonchev–Trinajstić information content (AvgIpc) is 2.62. The van der Waals surface area contributed by atoms with E-state index in [1.54, 1.807) is 26.0 Å². The van der Waals surface area contributed by atoms with Crippen LogP contribution in [0.3, 0.4) is 0 Å². The standard InChI is InChI=1S/C18H27FN4O3/c1-18(2,16(20)24)12-22-17(25)21-11-15(23-7-9-26-10-8-23)13-3-5-14(19)6-4-13/h3-6,15H,7-12H2,1-2H3,(H2,20,24)(H2,21,22,25). The number of hydrogen-bond acceptors (Lipinski definition) is 4. The lowest BCUT2D eigenvalue weighted by molar-refractivity contribution is -0.125. The Morgan fingerprint density at radius 1 is 1.23 bits per heavy atom. The van der Waals surface area contributed by atoms with E-state index in [1.165, 1.54) is 12.1 Å². The van der Waals surface area contributed by atoms with Crippen LogP contribution >= 0.6 is 0 Å². The van der Waals surface area contributed by atoms with Gasteiger partial charge >= 0.3 is 6.03 Å². The summed E-state index contributed by atoms with van der Waals surface area (Å²) in [6.07, 6.45) is 0. The van der Waals surface area contributed by atoms with E-state index in [2.05, 4.69) is 15.5 Å². The maximum atomic E-state index is 13.2. The molecule has 1 aromatic carbocycles. The molecule has 2 rings (SSSR count). The fraction of sp³-hybridized carbons (Fsp3) is 0.556. The predicted octanol–water partition coefficient (Wildman–Crippen LogP) is 1.01. The Balaban J connectivity index is 1.97. The Hall–Kier alpha value is -2.19. The number of primary amides is 1. The first-order valence-electron chi connectivity index (χ1n) is 8.68. The van der Waals surface area contributed by atoms with Crippen molar-refractivity contribution in [1.29, 1.82) is 0 Å². The number of hydrogen-bond donors (Lipinski definition) is 3. The molecule has 3 amide bonds. The highest BCUT2D eigenvalue weighted by molar-refractivity contribution is 5.81. The normalized spacial score (nSPS) is 16.7. The third kappa shape index (κ3) is 5.67. The smallest absolute Gasteiger partial charge is 0.314 e. The van der Waals surface area contributed by atoms with E-state index >= 15 is 0 Å². The highest BCUT2D eigenvalue weighted by atomic mass is 19.1. The number of nitrogens with two attached hydrogens (primary N) is 1. The Labute approximate surface area is 153 Å². The second-order valence-electron chi connectivity index (χ2n) is 7.03. The van der Waals surface area contributed by atoms with Gasteiger partial charge in [-0.3, -0.25) is 9.69 Å². The van der Waals surface area contributed by atoms with Crippen molar-refractivity contribution in [2.24, 2.45) is 11.1 Å². The molecule has 1 saturated heterocycles. The third-order valence-corrected chi connectivity index (χ3v) is 4.56. The van der Waals surface area contributed by atoms with Gasteiger partial charge in [0.1, 0.15) is 5.82 Å². The van der Waals surface area contributed by atoms with Crippen LogP contribution in [0.25, 0.3) is 0 Å². The summed E-state index contributed by atoms with van der Waals surface area (Å²) >= 11 is 0. The zero-order chi connectivity index (χ0) is 19.2. The van der Waals surface area contributed by atoms with Crippen molar-refractivity contribution >= 4 is 11.9 Å². The number of nitrogens with one attached hydrogen (secondary N) is 2. The molecule has 0 aromatic heterocycles. The number of benzene rings is 1. The van der Waals surface area contributed by atoms with Crippen LogP contribution in [-0.4, -0.2) is 56.2 Å². The monoisotopic (exact) mass is 366 g/mol. The lowest BCUT2D eigenvalue weighted by atomic mass is 9.93. The van der Waals surface area contributed by atoms with Gasteiger partial charge in [-0.25, -0.2) is 9.18 Å². The number of morpholine rings is 1. The second-order valence-corrected chi connectivity index (χ2v) is 7.03. The van der Waals surface area contributed by atoms with Gasteiger partial charge in [0.2, 0.25) is 5.91 Å². The van der Waals surface area contributed by atoms with E-state index in [1.807, 2.05) is 0 Å². The van der Waals surface area contributed by atoms with E-state index in [0.717, 1.165) is 18.7 Å².